The Balaban J connectivity index is 2.21. The van der Waals surface area contributed by atoms with E-state index in [2.05, 4.69) is 20.9 Å². The van der Waals surface area contributed by atoms with E-state index in [0.29, 0.717) is 18.1 Å². The molecule has 0 radical (unpaired) electrons. The molecule has 3 nitrogen and oxygen atoms in total. The van der Waals surface area contributed by atoms with Crippen LogP contribution in [-0.4, -0.2) is 29.3 Å². The van der Waals surface area contributed by atoms with Gasteiger partial charge in [0.2, 0.25) is 0 Å². The molecule has 0 atom stereocenters. The summed E-state index contributed by atoms with van der Waals surface area (Å²) in [7, 11) is 0. The largest absolute Gasteiger partial charge is 0.389 e. The van der Waals surface area contributed by atoms with Crippen LogP contribution in [0.5, 0.6) is 0 Å². The third-order valence-corrected chi connectivity index (χ3v) is 2.66. The topological polar surface area (TPSA) is 36.4 Å². The molecular formula is C8H8BrClN2O. The molecule has 1 aromatic heterocycles. The third-order valence-electron chi connectivity index (χ3n) is 1.95. The van der Waals surface area contributed by atoms with Crippen LogP contribution >= 0.6 is 27.5 Å². The van der Waals surface area contributed by atoms with Gasteiger partial charge >= 0.3 is 0 Å². The van der Waals surface area contributed by atoms with Gasteiger partial charge in [-0.25, -0.2) is 4.98 Å². The monoisotopic (exact) mass is 262 g/mol. The summed E-state index contributed by atoms with van der Waals surface area (Å²) >= 11 is 9.25. The van der Waals surface area contributed by atoms with Crippen molar-refractivity contribution in [2.24, 2.45) is 0 Å². The van der Waals surface area contributed by atoms with Crippen molar-refractivity contribution in [3.63, 3.8) is 0 Å². The number of aromatic nitrogens is 1. The average molecular weight is 264 g/mol. The molecule has 0 spiro atoms. The van der Waals surface area contributed by atoms with E-state index in [1.807, 2.05) is 4.90 Å². The number of pyridine rings is 1. The van der Waals surface area contributed by atoms with Gasteiger partial charge in [-0.15, -0.1) is 0 Å². The lowest BCUT2D eigenvalue weighted by Crippen LogP contribution is -2.51. The number of rotatable bonds is 1. The SMILES string of the molecule is OC1CN(c2ncc(Br)cc2Cl)C1. The van der Waals surface area contributed by atoms with Crippen molar-refractivity contribution < 1.29 is 5.11 Å². The summed E-state index contributed by atoms with van der Waals surface area (Å²) in [4.78, 5) is 6.11. The van der Waals surface area contributed by atoms with E-state index in [9.17, 15) is 0 Å². The molecule has 0 unspecified atom stereocenters. The van der Waals surface area contributed by atoms with Crippen molar-refractivity contribution >= 4 is 33.3 Å². The highest BCUT2D eigenvalue weighted by Gasteiger charge is 2.26. The number of aliphatic hydroxyl groups excluding tert-OH is 1. The van der Waals surface area contributed by atoms with Gasteiger partial charge < -0.3 is 10.0 Å². The number of hydrogen-bond acceptors (Lipinski definition) is 3. The van der Waals surface area contributed by atoms with Crippen molar-refractivity contribution in [1.82, 2.24) is 4.98 Å². The molecule has 0 amide bonds. The Morgan fingerprint density at radius 1 is 1.62 bits per heavy atom. The van der Waals surface area contributed by atoms with Gasteiger partial charge in [-0.2, -0.15) is 0 Å². The highest BCUT2D eigenvalue weighted by molar-refractivity contribution is 9.10. The molecule has 1 saturated heterocycles. The molecule has 2 heterocycles. The van der Waals surface area contributed by atoms with Crippen LogP contribution in [0.3, 0.4) is 0 Å². The fraction of sp³-hybridized carbons (Fsp3) is 0.375. The van der Waals surface area contributed by atoms with Crippen molar-refractivity contribution in [2.75, 3.05) is 18.0 Å². The van der Waals surface area contributed by atoms with Crippen LogP contribution in [0.2, 0.25) is 5.02 Å². The molecule has 1 aliphatic rings. The Kier molecular flexibility index (Phi) is 2.45. The Hall–Kier alpha value is -0.320. The molecule has 0 aliphatic carbocycles. The van der Waals surface area contributed by atoms with Gasteiger partial charge in [0.25, 0.3) is 0 Å². The molecule has 5 heteroatoms. The van der Waals surface area contributed by atoms with Crippen molar-refractivity contribution in [3.05, 3.63) is 21.8 Å². The molecule has 0 bridgehead atoms. The van der Waals surface area contributed by atoms with Crippen LogP contribution in [0, 0.1) is 0 Å². The second-order valence-electron chi connectivity index (χ2n) is 3.02. The van der Waals surface area contributed by atoms with Gasteiger partial charge in [0.15, 0.2) is 0 Å². The Labute approximate surface area is 89.5 Å². The predicted molar refractivity (Wildman–Crippen MR) is 55.2 cm³/mol. The maximum absolute atomic E-state index is 9.10. The van der Waals surface area contributed by atoms with Crippen LogP contribution < -0.4 is 4.90 Å². The lowest BCUT2D eigenvalue weighted by molar-refractivity contribution is 0.141. The Morgan fingerprint density at radius 3 is 2.85 bits per heavy atom. The minimum atomic E-state index is -0.235. The Morgan fingerprint density at radius 2 is 2.31 bits per heavy atom. The molecular weight excluding hydrogens is 255 g/mol. The molecule has 2 rings (SSSR count). The number of β-amino-alcohol motifs (C(OH)–C–C–N with tert-alkyl or cyclic N) is 1. The van der Waals surface area contributed by atoms with Crippen LogP contribution in [0.1, 0.15) is 0 Å². The van der Waals surface area contributed by atoms with Crippen molar-refractivity contribution in [2.45, 2.75) is 6.10 Å². The predicted octanol–water partition coefficient (Wildman–Crippen LogP) is 1.68. The van der Waals surface area contributed by atoms with Gasteiger partial charge in [0, 0.05) is 23.8 Å². The summed E-state index contributed by atoms with van der Waals surface area (Å²) in [5.41, 5.74) is 0. The first-order chi connectivity index (χ1) is 6.16. The summed E-state index contributed by atoms with van der Waals surface area (Å²) in [5.74, 6) is 0.746. The zero-order valence-electron chi connectivity index (χ0n) is 6.74. The highest BCUT2D eigenvalue weighted by atomic mass is 79.9. The molecule has 70 valence electrons. The zero-order valence-corrected chi connectivity index (χ0v) is 9.09. The van der Waals surface area contributed by atoms with Crippen LogP contribution in [0.25, 0.3) is 0 Å². The standard InChI is InChI=1S/C8H8BrClN2O/c9-5-1-7(10)8(11-2-5)12-3-6(13)4-12/h1-2,6,13H,3-4H2. The lowest BCUT2D eigenvalue weighted by atomic mass is 10.2. The Bertz CT molecular complexity index is 328. The summed E-state index contributed by atoms with van der Waals surface area (Å²) in [5, 5.41) is 9.72. The van der Waals surface area contributed by atoms with E-state index >= 15 is 0 Å². The van der Waals surface area contributed by atoms with Crippen molar-refractivity contribution in [3.8, 4) is 0 Å². The van der Waals surface area contributed by atoms with Crippen LogP contribution in [0.15, 0.2) is 16.7 Å². The second kappa shape index (κ2) is 3.44. The van der Waals surface area contributed by atoms with Crippen molar-refractivity contribution in [1.29, 1.82) is 0 Å². The van der Waals surface area contributed by atoms with E-state index in [4.69, 9.17) is 16.7 Å². The fourth-order valence-electron chi connectivity index (χ4n) is 1.27. The summed E-state index contributed by atoms with van der Waals surface area (Å²) in [6, 6.07) is 1.80. The van der Waals surface area contributed by atoms with E-state index < -0.39 is 0 Å². The summed E-state index contributed by atoms with van der Waals surface area (Å²) in [6.07, 6.45) is 1.47. The first-order valence-electron chi connectivity index (χ1n) is 3.91. The first-order valence-corrected chi connectivity index (χ1v) is 5.08. The van der Waals surface area contributed by atoms with Gasteiger partial charge in [0.1, 0.15) is 5.82 Å². The smallest absolute Gasteiger partial charge is 0.147 e. The summed E-state index contributed by atoms with van der Waals surface area (Å²) in [6.45, 7) is 1.24. The molecule has 1 fully saturated rings. The molecule has 13 heavy (non-hydrogen) atoms. The average Bonchev–Trinajstić information content (AvgIpc) is 2.00. The zero-order chi connectivity index (χ0) is 9.42. The van der Waals surface area contributed by atoms with Crippen LogP contribution in [-0.2, 0) is 0 Å². The number of aliphatic hydroxyl groups is 1. The highest BCUT2D eigenvalue weighted by Crippen LogP contribution is 2.28. The van der Waals surface area contributed by atoms with Gasteiger partial charge in [-0.1, -0.05) is 11.6 Å². The maximum Gasteiger partial charge on any atom is 0.147 e. The number of hydrogen-bond donors (Lipinski definition) is 1. The molecule has 1 N–H and O–H groups in total. The maximum atomic E-state index is 9.10. The van der Waals surface area contributed by atoms with Gasteiger partial charge in [-0.05, 0) is 22.0 Å². The van der Waals surface area contributed by atoms with E-state index in [-0.39, 0.29) is 6.10 Å². The second-order valence-corrected chi connectivity index (χ2v) is 4.34. The lowest BCUT2D eigenvalue weighted by Gasteiger charge is -2.37. The van der Waals surface area contributed by atoms with Gasteiger partial charge in [0.05, 0.1) is 11.1 Å². The first kappa shape index (κ1) is 9.24. The van der Waals surface area contributed by atoms with E-state index in [1.54, 1.807) is 12.3 Å². The molecule has 1 aliphatic heterocycles. The number of halogens is 2. The fourth-order valence-corrected chi connectivity index (χ4v) is 2.02. The van der Waals surface area contributed by atoms with Gasteiger partial charge in [-0.3, -0.25) is 0 Å². The summed E-state index contributed by atoms with van der Waals surface area (Å²) < 4.78 is 0.863. The van der Waals surface area contributed by atoms with E-state index in [0.717, 1.165) is 10.3 Å². The minimum absolute atomic E-state index is 0.235. The molecule has 0 saturated carbocycles. The van der Waals surface area contributed by atoms with Crippen LogP contribution in [0.4, 0.5) is 5.82 Å². The number of anilines is 1. The molecule has 1 aromatic rings. The molecule has 0 aromatic carbocycles. The normalized spacial score (nSPS) is 17.3. The minimum Gasteiger partial charge on any atom is -0.389 e. The van der Waals surface area contributed by atoms with E-state index in [1.165, 1.54) is 0 Å². The third kappa shape index (κ3) is 1.80. The quantitative estimate of drug-likeness (QED) is 0.837. The number of nitrogens with zero attached hydrogens (tertiary/aromatic N) is 2.